The predicted molar refractivity (Wildman–Crippen MR) is 72.8 cm³/mol. The molecular formula is C14H13ClN2O. The minimum absolute atomic E-state index is 0.103. The summed E-state index contributed by atoms with van der Waals surface area (Å²) in [5.74, 6) is -0.103. The summed E-state index contributed by atoms with van der Waals surface area (Å²) in [5.41, 5.74) is 2.43. The Balaban J connectivity index is 2.01. The van der Waals surface area contributed by atoms with Crippen LogP contribution in [0.25, 0.3) is 0 Å². The Hall–Kier alpha value is -1.87. The Morgan fingerprint density at radius 3 is 2.83 bits per heavy atom. The molecule has 4 heteroatoms. The maximum Gasteiger partial charge on any atom is 0.230 e. The van der Waals surface area contributed by atoms with Crippen molar-refractivity contribution in [2.45, 2.75) is 13.3 Å². The van der Waals surface area contributed by atoms with Gasteiger partial charge in [0.05, 0.1) is 6.42 Å². The first-order valence-corrected chi connectivity index (χ1v) is 5.99. The smallest absolute Gasteiger partial charge is 0.230 e. The molecule has 2 rings (SSSR count). The maximum atomic E-state index is 11.8. The second kappa shape index (κ2) is 5.65. The first kappa shape index (κ1) is 12.6. The molecule has 92 valence electrons. The molecule has 0 aliphatic carbocycles. The van der Waals surface area contributed by atoms with Crippen LogP contribution in [-0.4, -0.2) is 10.9 Å². The lowest BCUT2D eigenvalue weighted by atomic mass is 10.2. The molecule has 0 radical (unpaired) electrons. The molecule has 0 saturated carbocycles. The van der Waals surface area contributed by atoms with Gasteiger partial charge < -0.3 is 5.32 Å². The molecule has 0 aliphatic heterocycles. The van der Waals surface area contributed by atoms with E-state index in [2.05, 4.69) is 10.3 Å². The molecule has 1 heterocycles. The van der Waals surface area contributed by atoms with E-state index in [1.54, 1.807) is 12.3 Å². The SMILES string of the molecule is Cc1ccc(NC(=O)Cc2ccccn2)cc1Cl. The number of benzene rings is 1. The Labute approximate surface area is 111 Å². The molecule has 0 fully saturated rings. The average Bonchev–Trinajstić information content (AvgIpc) is 2.35. The second-order valence-electron chi connectivity index (χ2n) is 4.01. The van der Waals surface area contributed by atoms with Crippen molar-refractivity contribution < 1.29 is 4.79 Å². The Kier molecular flexibility index (Phi) is 3.95. The molecule has 0 saturated heterocycles. The first-order valence-electron chi connectivity index (χ1n) is 5.61. The van der Waals surface area contributed by atoms with E-state index < -0.39 is 0 Å². The monoisotopic (exact) mass is 260 g/mol. The quantitative estimate of drug-likeness (QED) is 0.921. The number of halogens is 1. The van der Waals surface area contributed by atoms with Gasteiger partial charge in [-0.1, -0.05) is 23.7 Å². The molecular weight excluding hydrogens is 248 g/mol. The zero-order valence-corrected chi connectivity index (χ0v) is 10.7. The molecule has 1 amide bonds. The summed E-state index contributed by atoms with van der Waals surface area (Å²) in [4.78, 5) is 15.9. The van der Waals surface area contributed by atoms with Gasteiger partial charge >= 0.3 is 0 Å². The fourth-order valence-electron chi connectivity index (χ4n) is 1.54. The third-order valence-electron chi connectivity index (χ3n) is 2.52. The highest BCUT2D eigenvalue weighted by Crippen LogP contribution is 2.19. The number of pyridine rings is 1. The number of nitrogens with one attached hydrogen (secondary N) is 1. The van der Waals surface area contributed by atoms with Crippen molar-refractivity contribution in [3.63, 3.8) is 0 Å². The maximum absolute atomic E-state index is 11.8. The van der Waals surface area contributed by atoms with Crippen LogP contribution in [0.3, 0.4) is 0 Å². The number of anilines is 1. The number of carbonyl (C=O) groups is 1. The van der Waals surface area contributed by atoms with Crippen molar-refractivity contribution in [3.05, 3.63) is 58.9 Å². The van der Waals surface area contributed by atoms with E-state index in [0.717, 1.165) is 11.3 Å². The predicted octanol–water partition coefficient (Wildman–Crippen LogP) is 3.22. The zero-order valence-electron chi connectivity index (χ0n) is 9.98. The molecule has 1 aromatic heterocycles. The summed E-state index contributed by atoms with van der Waals surface area (Å²) in [6.45, 7) is 1.92. The van der Waals surface area contributed by atoms with Gasteiger partial charge in [-0.15, -0.1) is 0 Å². The summed E-state index contributed by atoms with van der Waals surface area (Å²) in [6.07, 6.45) is 1.93. The van der Waals surface area contributed by atoms with E-state index in [4.69, 9.17) is 11.6 Å². The second-order valence-corrected chi connectivity index (χ2v) is 4.42. The van der Waals surface area contributed by atoms with Gasteiger partial charge in [-0.3, -0.25) is 9.78 Å². The molecule has 1 aromatic carbocycles. The normalized spacial score (nSPS) is 10.1. The van der Waals surface area contributed by atoms with Crippen molar-refractivity contribution in [2.24, 2.45) is 0 Å². The van der Waals surface area contributed by atoms with Crippen LogP contribution in [0.15, 0.2) is 42.6 Å². The van der Waals surface area contributed by atoms with E-state index in [9.17, 15) is 4.79 Å². The van der Waals surface area contributed by atoms with Crippen LogP contribution < -0.4 is 5.32 Å². The molecule has 1 N–H and O–H groups in total. The largest absolute Gasteiger partial charge is 0.326 e. The lowest BCUT2D eigenvalue weighted by molar-refractivity contribution is -0.115. The zero-order chi connectivity index (χ0) is 13.0. The highest BCUT2D eigenvalue weighted by atomic mass is 35.5. The molecule has 0 bridgehead atoms. The fourth-order valence-corrected chi connectivity index (χ4v) is 1.72. The van der Waals surface area contributed by atoms with Crippen LogP contribution in [0, 0.1) is 6.92 Å². The Morgan fingerprint density at radius 1 is 1.33 bits per heavy atom. The van der Waals surface area contributed by atoms with E-state index >= 15 is 0 Å². The number of carbonyl (C=O) groups excluding carboxylic acids is 1. The van der Waals surface area contributed by atoms with Crippen LogP contribution >= 0.6 is 11.6 Å². The van der Waals surface area contributed by atoms with E-state index in [1.165, 1.54) is 0 Å². The van der Waals surface area contributed by atoms with Gasteiger partial charge in [-0.25, -0.2) is 0 Å². The van der Waals surface area contributed by atoms with Crippen LogP contribution in [0.2, 0.25) is 5.02 Å². The number of amides is 1. The standard InChI is InChI=1S/C14H13ClN2O/c1-10-5-6-12(8-13(10)15)17-14(18)9-11-4-2-3-7-16-11/h2-8H,9H2,1H3,(H,17,18). The molecule has 18 heavy (non-hydrogen) atoms. The van der Waals surface area contributed by atoms with Gasteiger partial charge in [-0.05, 0) is 36.8 Å². The molecule has 0 atom stereocenters. The molecule has 3 nitrogen and oxygen atoms in total. The number of hydrogen-bond acceptors (Lipinski definition) is 2. The molecule has 0 aliphatic rings. The summed E-state index contributed by atoms with van der Waals surface area (Å²) in [7, 11) is 0. The minimum Gasteiger partial charge on any atom is -0.326 e. The topological polar surface area (TPSA) is 42.0 Å². The lowest BCUT2D eigenvalue weighted by Crippen LogP contribution is -2.15. The molecule has 0 unspecified atom stereocenters. The fraction of sp³-hybridized carbons (Fsp3) is 0.143. The van der Waals surface area contributed by atoms with Crippen LogP contribution in [0.1, 0.15) is 11.3 Å². The third kappa shape index (κ3) is 3.31. The van der Waals surface area contributed by atoms with E-state index in [1.807, 2.05) is 37.3 Å². The van der Waals surface area contributed by atoms with Gasteiger partial charge in [-0.2, -0.15) is 0 Å². The Morgan fingerprint density at radius 2 is 2.17 bits per heavy atom. The first-order chi connectivity index (χ1) is 8.65. The summed E-state index contributed by atoms with van der Waals surface area (Å²) < 4.78 is 0. The van der Waals surface area contributed by atoms with Gasteiger partial charge in [0.2, 0.25) is 5.91 Å². The van der Waals surface area contributed by atoms with Crippen molar-refractivity contribution in [3.8, 4) is 0 Å². The average molecular weight is 261 g/mol. The van der Waals surface area contributed by atoms with Gasteiger partial charge in [0.1, 0.15) is 0 Å². The van der Waals surface area contributed by atoms with E-state index in [0.29, 0.717) is 10.7 Å². The summed E-state index contributed by atoms with van der Waals surface area (Å²) in [5, 5.41) is 3.44. The van der Waals surface area contributed by atoms with Crippen molar-refractivity contribution in [2.75, 3.05) is 5.32 Å². The number of rotatable bonds is 3. The van der Waals surface area contributed by atoms with Crippen LogP contribution in [0.5, 0.6) is 0 Å². The highest BCUT2D eigenvalue weighted by Gasteiger charge is 2.05. The number of nitrogens with zero attached hydrogens (tertiary/aromatic N) is 1. The third-order valence-corrected chi connectivity index (χ3v) is 2.93. The number of hydrogen-bond donors (Lipinski definition) is 1. The van der Waals surface area contributed by atoms with Gasteiger partial charge in [0.25, 0.3) is 0 Å². The Bertz CT molecular complexity index is 555. The van der Waals surface area contributed by atoms with Gasteiger partial charge in [0, 0.05) is 22.6 Å². The van der Waals surface area contributed by atoms with E-state index in [-0.39, 0.29) is 12.3 Å². The highest BCUT2D eigenvalue weighted by molar-refractivity contribution is 6.31. The summed E-state index contributed by atoms with van der Waals surface area (Å²) >= 11 is 5.99. The lowest BCUT2D eigenvalue weighted by Gasteiger charge is -2.06. The van der Waals surface area contributed by atoms with Gasteiger partial charge in [0.15, 0.2) is 0 Å². The summed E-state index contributed by atoms with van der Waals surface area (Å²) in [6, 6.07) is 10.9. The molecule has 2 aromatic rings. The van der Waals surface area contributed by atoms with Crippen LogP contribution in [0.4, 0.5) is 5.69 Å². The van der Waals surface area contributed by atoms with Crippen molar-refractivity contribution in [1.29, 1.82) is 0 Å². The number of aromatic nitrogens is 1. The van der Waals surface area contributed by atoms with Crippen molar-refractivity contribution >= 4 is 23.2 Å². The number of aryl methyl sites for hydroxylation is 1. The van der Waals surface area contributed by atoms with Crippen molar-refractivity contribution in [1.82, 2.24) is 4.98 Å². The minimum atomic E-state index is -0.103. The molecule has 0 spiro atoms. The van der Waals surface area contributed by atoms with Crippen LogP contribution in [-0.2, 0) is 11.2 Å².